The maximum absolute atomic E-state index is 13.7. The fraction of sp³-hybridized carbons (Fsp3) is 0.241. The number of nitriles is 1. The Balaban J connectivity index is 1.81. The van der Waals surface area contributed by atoms with Crippen molar-refractivity contribution < 1.29 is 23.4 Å². The van der Waals surface area contributed by atoms with Gasteiger partial charge in [0.25, 0.3) is 5.91 Å². The lowest BCUT2D eigenvalue weighted by atomic mass is 10.1. The van der Waals surface area contributed by atoms with E-state index < -0.39 is 5.91 Å². The van der Waals surface area contributed by atoms with Gasteiger partial charge in [0, 0.05) is 12.3 Å². The summed E-state index contributed by atoms with van der Waals surface area (Å²) in [5.41, 5.74) is 2.19. The minimum absolute atomic E-state index is 0.0787. The van der Waals surface area contributed by atoms with Crippen molar-refractivity contribution in [3.8, 4) is 23.3 Å². The van der Waals surface area contributed by atoms with Gasteiger partial charge in [-0.3, -0.25) is 4.79 Å². The SMILES string of the molecule is CCOc1ccccc1NC(SCc1cccc(F)c1)=C(C#N)C(=O)NCCc1ccc(OC)c(OC)c1. The van der Waals surface area contributed by atoms with E-state index in [4.69, 9.17) is 14.2 Å². The topological polar surface area (TPSA) is 92.6 Å². The van der Waals surface area contributed by atoms with E-state index in [0.717, 1.165) is 11.1 Å². The molecule has 198 valence electrons. The van der Waals surface area contributed by atoms with Crippen LogP contribution in [0.25, 0.3) is 0 Å². The predicted molar refractivity (Wildman–Crippen MR) is 148 cm³/mol. The van der Waals surface area contributed by atoms with Gasteiger partial charge in [0.05, 0.1) is 31.5 Å². The van der Waals surface area contributed by atoms with Crippen LogP contribution in [0.1, 0.15) is 18.1 Å². The number of rotatable bonds is 13. The van der Waals surface area contributed by atoms with Gasteiger partial charge in [0.1, 0.15) is 23.2 Å². The minimum atomic E-state index is -0.517. The maximum atomic E-state index is 13.7. The summed E-state index contributed by atoms with van der Waals surface area (Å²) in [6.07, 6.45) is 0.525. The average Bonchev–Trinajstić information content (AvgIpc) is 2.93. The summed E-state index contributed by atoms with van der Waals surface area (Å²) in [4.78, 5) is 13.1. The second-order valence-corrected chi connectivity index (χ2v) is 8.97. The Morgan fingerprint density at radius 1 is 0.974 bits per heavy atom. The van der Waals surface area contributed by atoms with Crippen molar-refractivity contribution in [1.82, 2.24) is 5.32 Å². The summed E-state index contributed by atoms with van der Waals surface area (Å²) in [5.74, 6) is 1.29. The van der Waals surface area contributed by atoms with Crippen molar-refractivity contribution in [2.75, 3.05) is 32.7 Å². The number of ether oxygens (including phenoxy) is 3. The minimum Gasteiger partial charge on any atom is -0.493 e. The van der Waals surface area contributed by atoms with Gasteiger partial charge >= 0.3 is 0 Å². The van der Waals surface area contributed by atoms with Gasteiger partial charge in [-0.25, -0.2) is 4.39 Å². The maximum Gasteiger partial charge on any atom is 0.264 e. The first-order valence-corrected chi connectivity index (χ1v) is 13.0. The standard InChI is InChI=1S/C29H30FN3O4S/c1-4-37-25-11-6-5-10-24(25)33-29(38-19-21-8-7-9-22(30)16-21)23(18-31)28(34)32-15-14-20-12-13-26(35-2)27(17-20)36-3/h5-13,16-17,33H,4,14-15,19H2,1-3H3,(H,32,34). The number of amides is 1. The summed E-state index contributed by atoms with van der Waals surface area (Å²) >= 11 is 1.24. The van der Waals surface area contributed by atoms with E-state index in [9.17, 15) is 14.4 Å². The molecule has 0 saturated carbocycles. The monoisotopic (exact) mass is 535 g/mol. The third-order valence-corrected chi connectivity index (χ3v) is 6.49. The Bertz CT molecular complexity index is 1320. The number of halogens is 1. The number of hydrogen-bond donors (Lipinski definition) is 2. The smallest absolute Gasteiger partial charge is 0.264 e. The molecule has 0 unspecified atom stereocenters. The molecule has 0 aromatic heterocycles. The van der Waals surface area contributed by atoms with Crippen LogP contribution in [0, 0.1) is 17.1 Å². The number of anilines is 1. The lowest BCUT2D eigenvalue weighted by Gasteiger charge is -2.16. The Morgan fingerprint density at radius 2 is 1.76 bits per heavy atom. The second-order valence-electron chi connectivity index (χ2n) is 7.98. The summed E-state index contributed by atoms with van der Waals surface area (Å²) in [6.45, 7) is 2.63. The number of nitrogens with one attached hydrogen (secondary N) is 2. The van der Waals surface area contributed by atoms with E-state index in [1.807, 2.05) is 37.3 Å². The molecule has 7 nitrogen and oxygen atoms in total. The molecule has 3 aromatic carbocycles. The molecule has 0 aliphatic heterocycles. The number of methoxy groups -OCH3 is 2. The zero-order valence-electron chi connectivity index (χ0n) is 21.5. The lowest BCUT2D eigenvalue weighted by Crippen LogP contribution is -2.28. The van der Waals surface area contributed by atoms with Crippen molar-refractivity contribution in [3.63, 3.8) is 0 Å². The van der Waals surface area contributed by atoms with Gasteiger partial charge in [-0.05, 0) is 60.9 Å². The largest absolute Gasteiger partial charge is 0.493 e. The molecule has 0 spiro atoms. The molecule has 0 aliphatic carbocycles. The van der Waals surface area contributed by atoms with Gasteiger partial charge in [0.2, 0.25) is 0 Å². The first kappa shape index (κ1) is 28.4. The summed E-state index contributed by atoms with van der Waals surface area (Å²) in [6, 6.07) is 21.1. The van der Waals surface area contributed by atoms with Gasteiger partial charge in [-0.2, -0.15) is 5.26 Å². The van der Waals surface area contributed by atoms with Gasteiger partial charge < -0.3 is 24.8 Å². The van der Waals surface area contributed by atoms with Crippen LogP contribution < -0.4 is 24.8 Å². The molecule has 0 atom stereocenters. The number of hydrogen-bond acceptors (Lipinski definition) is 7. The van der Waals surface area contributed by atoms with Crippen molar-refractivity contribution >= 4 is 23.4 Å². The quantitative estimate of drug-likeness (QED) is 0.215. The van der Waals surface area contributed by atoms with Crippen molar-refractivity contribution in [2.24, 2.45) is 0 Å². The highest BCUT2D eigenvalue weighted by Gasteiger charge is 2.18. The van der Waals surface area contributed by atoms with Crippen molar-refractivity contribution in [3.05, 3.63) is 94.3 Å². The molecule has 3 rings (SSSR count). The van der Waals surface area contributed by atoms with Crippen LogP contribution in [-0.2, 0) is 17.0 Å². The number of benzene rings is 3. The molecule has 0 saturated heterocycles. The first-order chi connectivity index (χ1) is 18.5. The van der Waals surface area contributed by atoms with Crippen LogP contribution >= 0.6 is 11.8 Å². The number of carbonyl (C=O) groups excluding carboxylic acids is 1. The van der Waals surface area contributed by atoms with Crippen LogP contribution in [-0.4, -0.2) is 33.3 Å². The number of carbonyl (C=O) groups is 1. The van der Waals surface area contributed by atoms with Crippen LogP contribution in [0.5, 0.6) is 17.2 Å². The molecule has 2 N–H and O–H groups in total. The first-order valence-electron chi connectivity index (χ1n) is 12.0. The Kier molecular flexibility index (Phi) is 10.9. The number of thioether (sulfide) groups is 1. The fourth-order valence-corrected chi connectivity index (χ4v) is 4.53. The Labute approximate surface area is 226 Å². The van der Waals surface area contributed by atoms with E-state index in [1.165, 1.54) is 23.9 Å². The van der Waals surface area contributed by atoms with E-state index in [1.54, 1.807) is 44.6 Å². The normalized spacial score (nSPS) is 11.1. The summed E-state index contributed by atoms with van der Waals surface area (Å²) < 4.78 is 30.0. The third-order valence-electron chi connectivity index (χ3n) is 5.42. The zero-order chi connectivity index (χ0) is 27.3. The molecule has 9 heteroatoms. The highest BCUT2D eigenvalue weighted by atomic mass is 32.2. The predicted octanol–water partition coefficient (Wildman–Crippen LogP) is 5.68. The Morgan fingerprint density at radius 3 is 2.47 bits per heavy atom. The van der Waals surface area contributed by atoms with Gasteiger partial charge in [-0.1, -0.05) is 30.3 Å². The lowest BCUT2D eigenvalue weighted by molar-refractivity contribution is -0.117. The molecular formula is C29H30FN3O4S. The molecule has 0 aliphatic rings. The zero-order valence-corrected chi connectivity index (χ0v) is 22.4. The van der Waals surface area contributed by atoms with Gasteiger partial charge in [0.15, 0.2) is 11.5 Å². The second kappa shape index (κ2) is 14.5. The summed E-state index contributed by atoms with van der Waals surface area (Å²) in [5, 5.41) is 16.3. The number of para-hydroxylation sites is 2. The van der Waals surface area contributed by atoms with E-state index in [-0.39, 0.29) is 11.4 Å². The van der Waals surface area contributed by atoms with Crippen LogP contribution in [0.15, 0.2) is 77.3 Å². The fourth-order valence-electron chi connectivity index (χ4n) is 3.58. The highest BCUT2D eigenvalue weighted by Crippen LogP contribution is 2.32. The van der Waals surface area contributed by atoms with Crippen molar-refractivity contribution in [2.45, 2.75) is 19.1 Å². The van der Waals surface area contributed by atoms with Crippen LogP contribution in [0.3, 0.4) is 0 Å². The van der Waals surface area contributed by atoms with E-state index in [0.29, 0.717) is 53.3 Å². The molecule has 0 heterocycles. The average molecular weight is 536 g/mol. The van der Waals surface area contributed by atoms with Gasteiger partial charge in [-0.15, -0.1) is 11.8 Å². The number of nitrogens with zero attached hydrogens (tertiary/aromatic N) is 1. The Hall–Kier alpha value is -4.16. The third kappa shape index (κ3) is 7.92. The highest BCUT2D eigenvalue weighted by molar-refractivity contribution is 8.02. The van der Waals surface area contributed by atoms with Crippen LogP contribution in [0.4, 0.5) is 10.1 Å². The summed E-state index contributed by atoms with van der Waals surface area (Å²) in [7, 11) is 3.13. The van der Waals surface area contributed by atoms with Crippen molar-refractivity contribution in [1.29, 1.82) is 5.26 Å². The van der Waals surface area contributed by atoms with E-state index >= 15 is 0 Å². The molecule has 0 radical (unpaired) electrons. The molecule has 0 fully saturated rings. The molecule has 0 bridgehead atoms. The van der Waals surface area contributed by atoms with Crippen LogP contribution in [0.2, 0.25) is 0 Å². The molecule has 1 amide bonds. The molecule has 3 aromatic rings. The molecule has 38 heavy (non-hydrogen) atoms. The van der Waals surface area contributed by atoms with E-state index in [2.05, 4.69) is 10.6 Å². The molecular weight excluding hydrogens is 505 g/mol.